The molecule has 134 valence electrons. The van der Waals surface area contributed by atoms with E-state index in [0.717, 1.165) is 12.8 Å². The Labute approximate surface area is 141 Å². The second kappa shape index (κ2) is 6.82. The van der Waals surface area contributed by atoms with Crippen LogP contribution in [-0.2, 0) is 23.9 Å². The van der Waals surface area contributed by atoms with E-state index in [-0.39, 0.29) is 29.9 Å². The minimum Gasteiger partial charge on any atom is -0.466 e. The highest BCUT2D eigenvalue weighted by Gasteiger charge is 2.61. The van der Waals surface area contributed by atoms with Crippen LogP contribution in [0.3, 0.4) is 0 Å². The van der Waals surface area contributed by atoms with Crippen LogP contribution in [0.1, 0.15) is 39.5 Å². The van der Waals surface area contributed by atoms with E-state index in [1.807, 2.05) is 6.92 Å². The van der Waals surface area contributed by atoms with Crippen LogP contribution in [0, 0.1) is 35.5 Å². The molecule has 1 N–H and O–H groups in total. The zero-order valence-corrected chi connectivity index (χ0v) is 14.3. The number of Topliss-reactive ketones (excluding diaryl/α,β-unsaturated/α-hetero) is 1. The summed E-state index contributed by atoms with van der Waals surface area (Å²) in [6.07, 6.45) is 2.65. The Morgan fingerprint density at radius 2 is 1.33 bits per heavy atom. The number of carbonyl (C=O) groups is 3. The number of esters is 2. The summed E-state index contributed by atoms with van der Waals surface area (Å²) in [5.41, 5.74) is 0. The van der Waals surface area contributed by atoms with Crippen LogP contribution in [0.5, 0.6) is 0 Å². The summed E-state index contributed by atoms with van der Waals surface area (Å²) < 4.78 is 9.80. The molecule has 4 saturated carbocycles. The van der Waals surface area contributed by atoms with Crippen molar-refractivity contribution in [3.8, 4) is 0 Å². The van der Waals surface area contributed by atoms with Crippen molar-refractivity contribution in [2.75, 3.05) is 13.2 Å². The number of aliphatic hydroxyl groups is 1. The predicted octanol–water partition coefficient (Wildman–Crippen LogP) is 1.34. The van der Waals surface area contributed by atoms with E-state index in [9.17, 15) is 19.5 Å². The standard InChI is InChI=1S/C9H14O3.C9H12O3/c2*1-2-12-9(11)8-6-3-5(10)4-7(6)8/h5-8,10H,2-4H2,1H3;6-8H,2-4H2,1H3/t5?,6-,7+,8?;6-,7+,8?. The van der Waals surface area contributed by atoms with Gasteiger partial charge in [-0.05, 0) is 50.4 Å². The van der Waals surface area contributed by atoms with Gasteiger partial charge in [-0.2, -0.15) is 0 Å². The van der Waals surface area contributed by atoms with Gasteiger partial charge in [0.25, 0.3) is 0 Å². The van der Waals surface area contributed by atoms with Crippen LogP contribution >= 0.6 is 0 Å². The lowest BCUT2D eigenvalue weighted by Crippen LogP contribution is -2.14. The molecule has 6 nitrogen and oxygen atoms in total. The number of hydrogen-bond donors (Lipinski definition) is 1. The van der Waals surface area contributed by atoms with E-state index in [4.69, 9.17) is 9.47 Å². The molecule has 0 amide bonds. The molecule has 4 fully saturated rings. The highest BCUT2D eigenvalue weighted by atomic mass is 16.5. The summed E-state index contributed by atoms with van der Waals surface area (Å²) in [4.78, 5) is 33.3. The SMILES string of the molecule is CCOC(=O)C1[C@H]2CC(=O)C[C@@H]12.CCOC(=O)C1[C@H]2CC(O)C[C@@H]12. The average molecular weight is 338 g/mol. The summed E-state index contributed by atoms with van der Waals surface area (Å²) >= 11 is 0. The van der Waals surface area contributed by atoms with Crippen LogP contribution < -0.4 is 0 Å². The van der Waals surface area contributed by atoms with Gasteiger partial charge in [-0.1, -0.05) is 0 Å². The van der Waals surface area contributed by atoms with E-state index in [1.54, 1.807) is 6.92 Å². The number of aliphatic hydroxyl groups excluding tert-OH is 1. The summed E-state index contributed by atoms with van der Waals surface area (Å²) in [5, 5.41) is 9.21. The quantitative estimate of drug-likeness (QED) is 0.778. The van der Waals surface area contributed by atoms with E-state index < -0.39 is 0 Å². The van der Waals surface area contributed by atoms with Gasteiger partial charge in [0.2, 0.25) is 0 Å². The molecule has 6 heteroatoms. The molecule has 4 rings (SSSR count). The lowest BCUT2D eigenvalue weighted by molar-refractivity contribution is -0.146. The Morgan fingerprint density at radius 3 is 1.75 bits per heavy atom. The molecule has 0 spiro atoms. The summed E-state index contributed by atoms with van der Waals surface area (Å²) in [7, 11) is 0. The molecule has 0 aromatic carbocycles. The Bertz CT molecular complexity index is 504. The fourth-order valence-electron chi connectivity index (χ4n) is 4.60. The molecule has 7 atom stereocenters. The van der Waals surface area contributed by atoms with Gasteiger partial charge in [-0.15, -0.1) is 0 Å². The summed E-state index contributed by atoms with van der Waals surface area (Å²) in [6, 6.07) is 0. The van der Waals surface area contributed by atoms with Gasteiger partial charge in [0.15, 0.2) is 0 Å². The first-order chi connectivity index (χ1) is 11.5. The van der Waals surface area contributed by atoms with Crippen LogP contribution in [0.25, 0.3) is 0 Å². The second-order valence-electron chi connectivity index (χ2n) is 7.28. The molecule has 3 unspecified atom stereocenters. The van der Waals surface area contributed by atoms with Crippen LogP contribution in [0.4, 0.5) is 0 Å². The molecular weight excluding hydrogens is 312 g/mol. The molecule has 0 aromatic heterocycles. The molecule has 0 saturated heterocycles. The third-order valence-corrected chi connectivity index (χ3v) is 5.80. The Kier molecular flexibility index (Phi) is 4.95. The number of ether oxygens (including phenoxy) is 2. The minimum atomic E-state index is -0.161. The first-order valence-corrected chi connectivity index (χ1v) is 9.00. The molecule has 0 radical (unpaired) electrons. The van der Waals surface area contributed by atoms with Crippen molar-refractivity contribution in [1.82, 2.24) is 0 Å². The van der Waals surface area contributed by atoms with E-state index >= 15 is 0 Å². The fraction of sp³-hybridized carbons (Fsp3) is 0.833. The topological polar surface area (TPSA) is 89.9 Å². The number of rotatable bonds is 4. The third kappa shape index (κ3) is 3.34. The van der Waals surface area contributed by atoms with Gasteiger partial charge < -0.3 is 14.6 Å². The Balaban J connectivity index is 0.000000141. The van der Waals surface area contributed by atoms with Crippen molar-refractivity contribution >= 4 is 17.7 Å². The molecule has 24 heavy (non-hydrogen) atoms. The zero-order valence-electron chi connectivity index (χ0n) is 14.3. The fourth-order valence-corrected chi connectivity index (χ4v) is 4.60. The van der Waals surface area contributed by atoms with Crippen molar-refractivity contribution < 1.29 is 29.0 Å². The van der Waals surface area contributed by atoms with Crippen LogP contribution in [0.2, 0.25) is 0 Å². The zero-order chi connectivity index (χ0) is 17.4. The molecule has 0 bridgehead atoms. The maximum Gasteiger partial charge on any atom is 0.309 e. The highest BCUT2D eigenvalue weighted by Crippen LogP contribution is 2.58. The number of carbonyl (C=O) groups excluding carboxylic acids is 3. The molecular formula is C18H26O6. The molecule has 4 aliphatic carbocycles. The first kappa shape index (κ1) is 17.4. The van der Waals surface area contributed by atoms with Gasteiger partial charge in [-0.3, -0.25) is 14.4 Å². The average Bonchev–Trinajstić information content (AvgIpc) is 3.26. The van der Waals surface area contributed by atoms with Crippen molar-refractivity contribution in [3.05, 3.63) is 0 Å². The van der Waals surface area contributed by atoms with E-state index in [0.29, 0.717) is 55.5 Å². The third-order valence-electron chi connectivity index (χ3n) is 5.80. The normalized spacial score (nSPS) is 40.8. The molecule has 0 aliphatic heterocycles. The van der Waals surface area contributed by atoms with Gasteiger partial charge >= 0.3 is 11.9 Å². The van der Waals surface area contributed by atoms with Gasteiger partial charge in [0.05, 0.1) is 31.2 Å². The van der Waals surface area contributed by atoms with Crippen molar-refractivity contribution in [2.45, 2.75) is 45.6 Å². The second-order valence-corrected chi connectivity index (χ2v) is 7.28. The lowest BCUT2D eigenvalue weighted by atomic mass is 10.1. The predicted molar refractivity (Wildman–Crippen MR) is 83.7 cm³/mol. The van der Waals surface area contributed by atoms with Crippen molar-refractivity contribution in [2.24, 2.45) is 35.5 Å². The minimum absolute atomic E-state index is 0.0561. The van der Waals surface area contributed by atoms with E-state index in [2.05, 4.69) is 0 Å². The largest absolute Gasteiger partial charge is 0.466 e. The molecule has 0 heterocycles. The maximum atomic E-state index is 11.2. The first-order valence-electron chi connectivity index (χ1n) is 9.00. The van der Waals surface area contributed by atoms with Crippen molar-refractivity contribution in [3.63, 3.8) is 0 Å². The van der Waals surface area contributed by atoms with E-state index in [1.165, 1.54) is 0 Å². The van der Waals surface area contributed by atoms with Crippen molar-refractivity contribution in [1.29, 1.82) is 0 Å². The Morgan fingerprint density at radius 1 is 0.917 bits per heavy atom. The molecule has 4 aliphatic rings. The smallest absolute Gasteiger partial charge is 0.309 e. The Hall–Kier alpha value is -1.43. The number of hydrogen-bond acceptors (Lipinski definition) is 6. The molecule has 0 aromatic rings. The monoisotopic (exact) mass is 338 g/mol. The summed E-state index contributed by atoms with van der Waals surface area (Å²) in [5.74, 6) is 1.85. The summed E-state index contributed by atoms with van der Waals surface area (Å²) in [6.45, 7) is 4.55. The van der Waals surface area contributed by atoms with Gasteiger partial charge in [0.1, 0.15) is 5.78 Å². The van der Waals surface area contributed by atoms with Gasteiger partial charge in [0, 0.05) is 12.8 Å². The number of fused-ring (bicyclic) bond motifs is 2. The highest BCUT2D eigenvalue weighted by molar-refractivity contribution is 5.88. The van der Waals surface area contributed by atoms with Crippen LogP contribution in [0.15, 0.2) is 0 Å². The van der Waals surface area contributed by atoms with Crippen LogP contribution in [-0.4, -0.2) is 42.1 Å². The lowest BCUT2D eigenvalue weighted by Gasteiger charge is -2.06. The number of ketones is 1. The van der Waals surface area contributed by atoms with Gasteiger partial charge in [-0.25, -0.2) is 0 Å². The maximum absolute atomic E-state index is 11.2.